The summed E-state index contributed by atoms with van der Waals surface area (Å²) in [6, 6.07) is 8.71. The molecule has 2 N–H and O–H groups in total. The number of hydrogen-bond acceptors (Lipinski definition) is 3. The molecule has 2 aliphatic rings. The van der Waals surface area contributed by atoms with Gasteiger partial charge in [-0.05, 0) is 64.0 Å². The van der Waals surface area contributed by atoms with E-state index in [1.54, 1.807) is 0 Å². The van der Waals surface area contributed by atoms with Gasteiger partial charge in [-0.1, -0.05) is 28.1 Å². The van der Waals surface area contributed by atoms with Crippen LogP contribution >= 0.6 is 39.9 Å². The molecule has 7 heteroatoms. The summed E-state index contributed by atoms with van der Waals surface area (Å²) in [7, 11) is 2.22. The monoisotopic (exact) mass is 563 g/mol. The van der Waals surface area contributed by atoms with Crippen molar-refractivity contribution in [3.05, 3.63) is 34.3 Å². The molecule has 3 rings (SSSR count). The molecule has 1 aliphatic carbocycles. The van der Waals surface area contributed by atoms with Crippen molar-refractivity contribution in [3.8, 4) is 0 Å². The van der Waals surface area contributed by atoms with Gasteiger partial charge in [-0.15, -0.1) is 24.0 Å². The molecule has 1 saturated carbocycles. The zero-order valence-corrected chi connectivity index (χ0v) is 21.1. The van der Waals surface area contributed by atoms with Crippen LogP contribution in [0.25, 0.3) is 0 Å². The van der Waals surface area contributed by atoms with Gasteiger partial charge in [0.25, 0.3) is 0 Å². The molecule has 1 aliphatic heterocycles. The van der Waals surface area contributed by atoms with Crippen LogP contribution in [-0.4, -0.2) is 75.2 Å². The summed E-state index contributed by atoms with van der Waals surface area (Å²) in [6.07, 6.45) is 3.72. The second-order valence-corrected chi connectivity index (χ2v) is 8.83. The van der Waals surface area contributed by atoms with Gasteiger partial charge in [0.15, 0.2) is 5.96 Å². The highest BCUT2D eigenvalue weighted by Crippen LogP contribution is 2.48. The van der Waals surface area contributed by atoms with E-state index in [2.05, 4.69) is 74.6 Å². The highest BCUT2D eigenvalue weighted by molar-refractivity contribution is 14.0. The van der Waals surface area contributed by atoms with Gasteiger partial charge in [0.05, 0.1) is 6.54 Å². The Kier molecular flexibility index (Phi) is 10.00. The van der Waals surface area contributed by atoms with Crippen LogP contribution in [0.3, 0.4) is 0 Å². The van der Waals surface area contributed by atoms with E-state index in [-0.39, 0.29) is 29.4 Å². The third-order valence-corrected chi connectivity index (χ3v) is 6.20. The first-order valence-electron chi connectivity index (χ1n) is 10.3. The number of rotatable bonds is 7. The van der Waals surface area contributed by atoms with Gasteiger partial charge in [-0.2, -0.15) is 0 Å². The van der Waals surface area contributed by atoms with Crippen molar-refractivity contribution >= 4 is 45.9 Å². The van der Waals surface area contributed by atoms with E-state index in [1.165, 1.54) is 44.5 Å². The Morgan fingerprint density at radius 3 is 2.71 bits per heavy atom. The van der Waals surface area contributed by atoms with E-state index < -0.39 is 0 Å². The molecule has 0 amide bonds. The van der Waals surface area contributed by atoms with Crippen LogP contribution < -0.4 is 10.6 Å². The predicted molar refractivity (Wildman–Crippen MR) is 133 cm³/mol. The summed E-state index contributed by atoms with van der Waals surface area (Å²) >= 11 is 3.60. The molecular formula is C21H35BrIN5. The van der Waals surface area contributed by atoms with Gasteiger partial charge < -0.3 is 20.4 Å². The summed E-state index contributed by atoms with van der Waals surface area (Å²) in [6.45, 7) is 10.6. The van der Waals surface area contributed by atoms with Crippen LogP contribution in [0.4, 0.5) is 0 Å². The second kappa shape index (κ2) is 11.7. The molecule has 0 bridgehead atoms. The number of likely N-dealkylation sites (N-methyl/N-ethyl adjacent to an activating group) is 1. The number of benzene rings is 1. The van der Waals surface area contributed by atoms with E-state index in [9.17, 15) is 0 Å². The largest absolute Gasteiger partial charge is 0.357 e. The molecule has 1 aromatic rings. The molecule has 28 heavy (non-hydrogen) atoms. The lowest BCUT2D eigenvalue weighted by Gasteiger charge is -2.21. The molecule has 1 aromatic carbocycles. The Hall–Kier alpha value is -0.380. The van der Waals surface area contributed by atoms with Gasteiger partial charge >= 0.3 is 0 Å². The minimum absolute atomic E-state index is 0. The smallest absolute Gasteiger partial charge is 0.191 e. The molecule has 5 nitrogen and oxygen atoms in total. The maximum Gasteiger partial charge on any atom is 0.191 e. The van der Waals surface area contributed by atoms with E-state index in [4.69, 9.17) is 4.99 Å². The molecule has 0 radical (unpaired) electrons. The van der Waals surface area contributed by atoms with E-state index in [0.717, 1.165) is 43.2 Å². The molecule has 1 saturated heterocycles. The summed E-state index contributed by atoms with van der Waals surface area (Å²) < 4.78 is 1.16. The quantitative estimate of drug-likeness (QED) is 0.303. The maximum atomic E-state index is 4.92. The lowest BCUT2D eigenvalue weighted by Crippen LogP contribution is -2.42. The second-order valence-electron chi connectivity index (χ2n) is 7.91. The Morgan fingerprint density at radius 2 is 2.00 bits per heavy atom. The summed E-state index contributed by atoms with van der Waals surface area (Å²) in [4.78, 5) is 9.91. The first-order chi connectivity index (χ1) is 13.1. The highest BCUT2D eigenvalue weighted by atomic mass is 127. The fourth-order valence-corrected chi connectivity index (χ4v) is 4.13. The number of aliphatic imine (C=N–C) groups is 1. The van der Waals surface area contributed by atoms with Crippen LogP contribution in [0.15, 0.2) is 33.7 Å². The SMILES string of the molecule is CCNC(=NCC1(c2cccc(Br)c2)CC1)NCCN1CCCN(C)CC1.I. The van der Waals surface area contributed by atoms with E-state index in [1.807, 2.05) is 0 Å². The van der Waals surface area contributed by atoms with Crippen molar-refractivity contribution in [2.24, 2.45) is 4.99 Å². The van der Waals surface area contributed by atoms with Gasteiger partial charge in [0.1, 0.15) is 0 Å². The normalized spacial score (nSPS) is 20.2. The number of hydrogen-bond donors (Lipinski definition) is 2. The number of nitrogens with one attached hydrogen (secondary N) is 2. The fourth-order valence-electron chi connectivity index (χ4n) is 3.74. The molecule has 2 fully saturated rings. The zero-order chi connectivity index (χ0) is 19.1. The van der Waals surface area contributed by atoms with Crippen LogP contribution in [0.1, 0.15) is 31.7 Å². The molecular weight excluding hydrogens is 529 g/mol. The Balaban J connectivity index is 0.00000280. The van der Waals surface area contributed by atoms with Gasteiger partial charge in [0, 0.05) is 42.6 Å². The Morgan fingerprint density at radius 1 is 1.18 bits per heavy atom. The van der Waals surface area contributed by atoms with Gasteiger partial charge in [0.2, 0.25) is 0 Å². The van der Waals surface area contributed by atoms with Crippen LogP contribution in [-0.2, 0) is 5.41 Å². The first kappa shape index (κ1) is 23.9. The average Bonchev–Trinajstić information content (AvgIpc) is 3.46. The first-order valence-corrected chi connectivity index (χ1v) is 11.1. The fraction of sp³-hybridized carbons (Fsp3) is 0.667. The number of halogens is 2. The van der Waals surface area contributed by atoms with Crippen LogP contribution in [0.5, 0.6) is 0 Å². The number of guanidine groups is 1. The molecule has 1 heterocycles. The third kappa shape index (κ3) is 7.15. The lowest BCUT2D eigenvalue weighted by molar-refractivity contribution is 0.280. The third-order valence-electron chi connectivity index (χ3n) is 5.71. The number of nitrogens with zero attached hydrogens (tertiary/aromatic N) is 3. The van der Waals surface area contributed by atoms with Crippen molar-refractivity contribution in [3.63, 3.8) is 0 Å². The standard InChI is InChI=1S/C21H34BrN5.HI/c1-3-23-20(24-10-13-27-12-5-11-26(2)14-15-27)25-17-21(8-9-21)18-6-4-7-19(22)16-18;/h4,6-7,16H,3,5,8-15,17H2,1-2H3,(H2,23,24,25);1H. The highest BCUT2D eigenvalue weighted by Gasteiger charge is 2.44. The summed E-state index contributed by atoms with van der Waals surface area (Å²) in [5.74, 6) is 0.950. The van der Waals surface area contributed by atoms with Crippen molar-refractivity contribution < 1.29 is 0 Å². The van der Waals surface area contributed by atoms with Crippen LogP contribution in [0, 0.1) is 0 Å². The lowest BCUT2D eigenvalue weighted by atomic mass is 9.96. The van der Waals surface area contributed by atoms with Crippen molar-refractivity contribution in [2.75, 3.05) is 59.4 Å². The Bertz CT molecular complexity index is 635. The van der Waals surface area contributed by atoms with E-state index in [0.29, 0.717) is 0 Å². The molecule has 0 spiro atoms. The average molecular weight is 564 g/mol. The van der Waals surface area contributed by atoms with Crippen molar-refractivity contribution in [1.82, 2.24) is 20.4 Å². The minimum Gasteiger partial charge on any atom is -0.357 e. The molecule has 0 atom stereocenters. The predicted octanol–water partition coefficient (Wildman–Crippen LogP) is 3.29. The van der Waals surface area contributed by atoms with E-state index >= 15 is 0 Å². The summed E-state index contributed by atoms with van der Waals surface area (Å²) in [5, 5.41) is 6.94. The molecule has 0 unspecified atom stereocenters. The van der Waals surface area contributed by atoms with Gasteiger partial charge in [-0.25, -0.2) is 0 Å². The maximum absolute atomic E-state index is 4.92. The Labute approximate surface area is 195 Å². The van der Waals surface area contributed by atoms with Crippen LogP contribution in [0.2, 0.25) is 0 Å². The van der Waals surface area contributed by atoms with Crippen molar-refractivity contribution in [1.29, 1.82) is 0 Å². The zero-order valence-electron chi connectivity index (χ0n) is 17.2. The summed E-state index contributed by atoms with van der Waals surface area (Å²) in [5.41, 5.74) is 1.65. The van der Waals surface area contributed by atoms with Gasteiger partial charge in [-0.3, -0.25) is 4.99 Å². The van der Waals surface area contributed by atoms with Crippen molar-refractivity contribution in [2.45, 2.75) is 31.6 Å². The molecule has 158 valence electrons. The molecule has 0 aromatic heterocycles. The topological polar surface area (TPSA) is 42.9 Å². The minimum atomic E-state index is 0.